The van der Waals surface area contributed by atoms with Crippen molar-refractivity contribution in [3.05, 3.63) is 182 Å². The molecule has 9 heteroatoms. The predicted molar refractivity (Wildman–Crippen MR) is 419 cm³/mol. The number of hydrogen-bond donors (Lipinski definition) is 1. The number of carboxylic acids is 1. The summed E-state index contributed by atoms with van der Waals surface area (Å²) in [5.74, 6) is -2.03. The van der Waals surface area contributed by atoms with Crippen molar-refractivity contribution >= 4 is 17.9 Å². The van der Waals surface area contributed by atoms with Crippen LogP contribution in [0.25, 0.3) is 0 Å². The molecule has 0 aromatic rings. The Morgan fingerprint density at radius 2 is 0.557 bits per heavy atom. The molecule has 0 saturated heterocycles. The number of unbranched alkanes of at least 4 members (excludes halogenated alkanes) is 25. The fourth-order valence-electron chi connectivity index (χ4n) is 10.3. The summed E-state index contributed by atoms with van der Waals surface area (Å²) in [6.45, 7) is 4.64. The number of esters is 2. The fourth-order valence-corrected chi connectivity index (χ4v) is 10.3. The molecule has 2 atom stereocenters. The van der Waals surface area contributed by atoms with Crippen molar-refractivity contribution in [2.24, 2.45) is 0 Å². The summed E-state index contributed by atoms with van der Waals surface area (Å²) in [4.78, 5) is 37.7. The van der Waals surface area contributed by atoms with E-state index in [2.05, 4.69) is 196 Å². The molecular weight excluding hydrogens is 1200 g/mol. The molecule has 0 aliphatic rings. The maximum absolute atomic E-state index is 13.0. The van der Waals surface area contributed by atoms with Crippen LogP contribution in [0.5, 0.6) is 0 Å². The average Bonchev–Trinajstić information content (AvgIpc) is 3.74. The second-order valence-corrected chi connectivity index (χ2v) is 26.6. The molecule has 2 unspecified atom stereocenters. The van der Waals surface area contributed by atoms with E-state index in [1.54, 1.807) is 0 Å². The van der Waals surface area contributed by atoms with Gasteiger partial charge in [-0.25, -0.2) is 4.79 Å². The molecule has 0 aliphatic carbocycles. The van der Waals surface area contributed by atoms with Gasteiger partial charge in [-0.2, -0.15) is 0 Å². The van der Waals surface area contributed by atoms with Gasteiger partial charge in [-0.1, -0.05) is 331 Å². The lowest BCUT2D eigenvalue weighted by Crippen LogP contribution is -2.40. The minimum absolute atomic E-state index is 0.177. The Kier molecular flexibility index (Phi) is 71.7. The topological polar surface area (TPSA) is 108 Å². The SMILES string of the molecule is CC/C=C\C/C=C\C/C=C\C/C=C\C/C=C\C/C=C\C/C=C\C/C=C\C/C=C\CCCCCCCCCC(=O)OC(COC(=O)CCCCCCCCCCCCCCCCCCCC/C=C\C/C=C\C/C=C\C/C=C\C/C=C\C/C=C\CC)COC(OCC[N+](C)(C)C)C(=O)O. The molecular formula is C88H144NO8+. The van der Waals surface area contributed by atoms with Gasteiger partial charge in [0.1, 0.15) is 13.2 Å². The van der Waals surface area contributed by atoms with E-state index in [-0.39, 0.29) is 32.2 Å². The van der Waals surface area contributed by atoms with Crippen LogP contribution in [-0.2, 0) is 33.3 Å². The largest absolute Gasteiger partial charge is 0.477 e. The first kappa shape index (κ1) is 91.4. The number of allylic oxidation sites excluding steroid dienone is 30. The van der Waals surface area contributed by atoms with E-state index in [9.17, 15) is 19.5 Å². The summed E-state index contributed by atoms with van der Waals surface area (Å²) in [6.07, 6.45) is 113. The number of nitrogens with zero attached hydrogens (tertiary/aromatic N) is 1. The number of rotatable bonds is 70. The van der Waals surface area contributed by atoms with Crippen molar-refractivity contribution in [1.29, 1.82) is 0 Å². The first-order valence-electron chi connectivity index (χ1n) is 38.9. The van der Waals surface area contributed by atoms with Gasteiger partial charge in [-0.3, -0.25) is 9.59 Å². The molecule has 0 saturated carbocycles. The van der Waals surface area contributed by atoms with Crippen LogP contribution in [0.3, 0.4) is 0 Å². The lowest BCUT2D eigenvalue weighted by Gasteiger charge is -2.25. The zero-order valence-corrected chi connectivity index (χ0v) is 62.7. The predicted octanol–water partition coefficient (Wildman–Crippen LogP) is 25.1. The van der Waals surface area contributed by atoms with Gasteiger partial charge in [0.25, 0.3) is 6.29 Å². The Hall–Kier alpha value is -5.61. The lowest BCUT2D eigenvalue weighted by atomic mass is 10.0. The number of carbonyl (C=O) groups is 3. The highest BCUT2D eigenvalue weighted by molar-refractivity contribution is 5.71. The van der Waals surface area contributed by atoms with Crippen LogP contribution >= 0.6 is 0 Å². The van der Waals surface area contributed by atoms with Crippen LogP contribution in [-0.4, -0.2) is 87.4 Å². The van der Waals surface area contributed by atoms with Crippen molar-refractivity contribution in [2.45, 2.75) is 309 Å². The van der Waals surface area contributed by atoms with Crippen molar-refractivity contribution < 1.29 is 42.9 Å². The van der Waals surface area contributed by atoms with Gasteiger partial charge in [0, 0.05) is 12.8 Å². The molecule has 0 aromatic carbocycles. The summed E-state index contributed by atoms with van der Waals surface area (Å²) in [5.41, 5.74) is 0. The van der Waals surface area contributed by atoms with Crippen LogP contribution in [0.15, 0.2) is 182 Å². The minimum atomic E-state index is -1.52. The number of quaternary nitrogens is 1. The van der Waals surface area contributed by atoms with E-state index in [0.717, 1.165) is 141 Å². The minimum Gasteiger partial charge on any atom is -0.477 e. The van der Waals surface area contributed by atoms with E-state index in [1.165, 1.54) is 122 Å². The molecule has 0 fully saturated rings. The van der Waals surface area contributed by atoms with E-state index in [4.69, 9.17) is 18.9 Å². The molecule has 97 heavy (non-hydrogen) atoms. The number of likely N-dealkylation sites (N-methyl/N-ethyl adjacent to an activating group) is 1. The average molecular weight is 1340 g/mol. The number of carboxylic acid groups (broad SMARTS) is 1. The molecule has 0 radical (unpaired) electrons. The van der Waals surface area contributed by atoms with E-state index >= 15 is 0 Å². The summed E-state index contributed by atoms with van der Waals surface area (Å²) in [5, 5.41) is 9.77. The standard InChI is InChI=1S/C88H143NO8/c1-6-8-10-12-14-16-18-20-22-24-26-28-30-32-34-36-38-40-42-43-45-46-48-50-52-54-56-58-60-62-64-66-68-70-72-74-76-78-85(90)95-82-84(83-96-88(87(92)93)94-81-80-89(3,4)5)97-86(91)79-77-75-73-71-69-67-65-63-61-59-57-55-53-51-49-47-44-41-39-37-35-33-31-29-27-25-23-21-19-17-15-13-11-9-7-2/h8-11,14-17,20-23,26-29,32-35,38-41,47,49,53,55,59,61,84,88H,6-7,12-13,18-19,24-25,30-31,36-37,42-46,48,50-52,54,56-58,60,62-83H2,1-5H3/p+1/b10-8-,11-9-,16-14-,17-15-,22-20-,23-21-,28-26-,29-27-,34-32-,35-33-,40-38-,41-39-,49-47-,55-53-,61-59-. The number of ether oxygens (including phenoxy) is 4. The first-order valence-corrected chi connectivity index (χ1v) is 38.9. The Morgan fingerprint density at radius 1 is 0.309 bits per heavy atom. The molecule has 0 aliphatic heterocycles. The Labute approximate surface area is 596 Å². The summed E-state index contributed by atoms with van der Waals surface area (Å²) in [7, 11) is 5.97. The fraction of sp³-hybridized carbons (Fsp3) is 0.625. The van der Waals surface area contributed by atoms with Crippen LogP contribution in [0.1, 0.15) is 296 Å². The van der Waals surface area contributed by atoms with Crippen LogP contribution < -0.4 is 0 Å². The smallest absolute Gasteiger partial charge is 0.361 e. The zero-order chi connectivity index (χ0) is 70.4. The van der Waals surface area contributed by atoms with Gasteiger partial charge >= 0.3 is 17.9 Å². The Bertz CT molecular complexity index is 2260. The quantitative estimate of drug-likeness (QED) is 0.0211. The van der Waals surface area contributed by atoms with E-state index in [1.807, 2.05) is 21.1 Å². The molecule has 9 nitrogen and oxygen atoms in total. The van der Waals surface area contributed by atoms with Gasteiger partial charge in [-0.15, -0.1) is 0 Å². The molecule has 0 heterocycles. The third-order valence-electron chi connectivity index (χ3n) is 16.2. The third-order valence-corrected chi connectivity index (χ3v) is 16.2. The molecule has 0 bridgehead atoms. The molecule has 0 spiro atoms. The van der Waals surface area contributed by atoms with Crippen molar-refractivity contribution in [3.8, 4) is 0 Å². The highest BCUT2D eigenvalue weighted by atomic mass is 16.7. The first-order chi connectivity index (χ1) is 47.6. The number of hydrogen-bond acceptors (Lipinski definition) is 7. The molecule has 0 rings (SSSR count). The highest BCUT2D eigenvalue weighted by Gasteiger charge is 2.25. The second-order valence-electron chi connectivity index (χ2n) is 26.6. The molecule has 548 valence electrons. The molecule has 1 N–H and O–H groups in total. The van der Waals surface area contributed by atoms with Crippen LogP contribution in [0, 0.1) is 0 Å². The van der Waals surface area contributed by atoms with Gasteiger partial charge in [0.15, 0.2) is 6.10 Å². The molecule has 0 amide bonds. The van der Waals surface area contributed by atoms with Crippen molar-refractivity contribution in [1.82, 2.24) is 0 Å². The van der Waals surface area contributed by atoms with E-state index in [0.29, 0.717) is 23.9 Å². The number of aliphatic carboxylic acids is 1. The zero-order valence-electron chi connectivity index (χ0n) is 62.7. The Balaban J connectivity index is 4.12. The van der Waals surface area contributed by atoms with Crippen LogP contribution in [0.2, 0.25) is 0 Å². The third kappa shape index (κ3) is 77.6. The maximum atomic E-state index is 13.0. The van der Waals surface area contributed by atoms with E-state index < -0.39 is 24.3 Å². The summed E-state index contributed by atoms with van der Waals surface area (Å²) < 4.78 is 23.0. The second kappa shape index (κ2) is 76.1. The highest BCUT2D eigenvalue weighted by Crippen LogP contribution is 2.17. The summed E-state index contributed by atoms with van der Waals surface area (Å²) >= 11 is 0. The molecule has 0 aromatic heterocycles. The van der Waals surface area contributed by atoms with Gasteiger partial charge < -0.3 is 28.5 Å². The van der Waals surface area contributed by atoms with Gasteiger partial charge in [0.05, 0.1) is 34.4 Å². The lowest BCUT2D eigenvalue weighted by molar-refractivity contribution is -0.870. The normalized spacial score (nSPS) is 13.7. The Morgan fingerprint density at radius 3 is 0.825 bits per heavy atom. The van der Waals surface area contributed by atoms with Crippen molar-refractivity contribution in [2.75, 3.05) is 47.5 Å². The monoisotopic (exact) mass is 1340 g/mol. The van der Waals surface area contributed by atoms with Gasteiger partial charge in [-0.05, 0) is 135 Å². The van der Waals surface area contributed by atoms with Crippen molar-refractivity contribution in [3.63, 3.8) is 0 Å². The summed E-state index contributed by atoms with van der Waals surface area (Å²) in [6, 6.07) is 0. The maximum Gasteiger partial charge on any atom is 0.361 e. The van der Waals surface area contributed by atoms with Crippen LogP contribution in [0.4, 0.5) is 0 Å². The van der Waals surface area contributed by atoms with Gasteiger partial charge in [0.2, 0.25) is 0 Å². The number of carbonyl (C=O) groups excluding carboxylic acids is 2.